The van der Waals surface area contributed by atoms with Crippen LogP contribution in [0.25, 0.3) is 0 Å². The Balaban J connectivity index is 2.79. The van der Waals surface area contributed by atoms with E-state index in [0.717, 1.165) is 10.7 Å². The van der Waals surface area contributed by atoms with Gasteiger partial charge >= 0.3 is 0 Å². The molecule has 0 bridgehead atoms. The summed E-state index contributed by atoms with van der Waals surface area (Å²) in [6.45, 7) is 4.28. The van der Waals surface area contributed by atoms with E-state index in [-0.39, 0.29) is 0 Å². The van der Waals surface area contributed by atoms with E-state index in [1.54, 1.807) is 18.4 Å². The second-order valence-electron chi connectivity index (χ2n) is 3.19. The molecule has 1 aromatic rings. The average molecular weight is 202 g/mol. The maximum absolute atomic E-state index is 5.15. The van der Waals surface area contributed by atoms with Crippen molar-refractivity contribution >= 4 is 11.3 Å². The average Bonchev–Trinajstić information content (AvgIpc) is 2.54. The first-order chi connectivity index (χ1) is 6.10. The summed E-state index contributed by atoms with van der Waals surface area (Å²) in [7, 11) is 1.64. The highest BCUT2D eigenvalue weighted by Crippen LogP contribution is 2.24. The minimum absolute atomic E-state index is 0.525. The van der Waals surface area contributed by atoms with Gasteiger partial charge in [0.15, 0.2) is 0 Å². The molecular formula is C8H14N2O2S. The molecule has 1 aromatic heterocycles. The van der Waals surface area contributed by atoms with Crippen LogP contribution in [-0.4, -0.2) is 12.1 Å². The van der Waals surface area contributed by atoms with Gasteiger partial charge in [-0.15, -0.1) is 11.3 Å². The molecule has 2 N–H and O–H groups in total. The fourth-order valence-corrected chi connectivity index (χ4v) is 1.76. The molecule has 0 radical (unpaired) electrons. The molecule has 1 rings (SSSR count). The second-order valence-corrected chi connectivity index (χ2v) is 4.13. The van der Waals surface area contributed by atoms with Crippen LogP contribution in [0.5, 0.6) is 0 Å². The molecule has 0 saturated heterocycles. The lowest BCUT2D eigenvalue weighted by atomic mass is 10.1. The number of hydrogen-bond acceptors (Lipinski definition) is 5. The van der Waals surface area contributed by atoms with Gasteiger partial charge in [0.1, 0.15) is 10.6 Å². The predicted octanol–water partition coefficient (Wildman–Crippen LogP) is 1.41. The summed E-state index contributed by atoms with van der Waals surface area (Å²) in [6, 6.07) is 0. The van der Waals surface area contributed by atoms with Gasteiger partial charge < -0.3 is 4.74 Å². The number of ether oxygens (including phenoxy) is 1. The number of aromatic nitrogens is 1. The van der Waals surface area contributed by atoms with E-state index in [0.29, 0.717) is 6.61 Å². The van der Waals surface area contributed by atoms with Crippen LogP contribution in [0.3, 0.4) is 0 Å². The molecule has 0 atom stereocenters. The van der Waals surface area contributed by atoms with Gasteiger partial charge in [-0.2, -0.15) is 0 Å². The van der Waals surface area contributed by atoms with Crippen LogP contribution in [0, 0.1) is 0 Å². The number of methoxy groups -OCH3 is 1. The molecule has 0 unspecified atom stereocenters. The summed E-state index contributed by atoms with van der Waals surface area (Å²) in [6.07, 6.45) is 0. The Labute approximate surface area is 81.6 Å². The van der Waals surface area contributed by atoms with Crippen LogP contribution in [0.2, 0.25) is 0 Å². The fourth-order valence-electron chi connectivity index (χ4n) is 0.838. The van der Waals surface area contributed by atoms with E-state index in [9.17, 15) is 0 Å². The number of hydrogen-bond donors (Lipinski definition) is 1. The summed E-state index contributed by atoms with van der Waals surface area (Å²) >= 11 is 1.54. The zero-order valence-electron chi connectivity index (χ0n) is 8.03. The zero-order valence-corrected chi connectivity index (χ0v) is 8.85. The molecule has 0 aliphatic rings. The Morgan fingerprint density at radius 3 is 2.85 bits per heavy atom. The second kappa shape index (κ2) is 4.15. The van der Waals surface area contributed by atoms with Crippen LogP contribution in [-0.2, 0) is 21.8 Å². The largest absolute Gasteiger partial charge is 0.378 e. The van der Waals surface area contributed by atoms with E-state index in [2.05, 4.69) is 4.98 Å². The standard InChI is InChI=1S/C8H14N2O2S/c1-8(2,12-9)6-5-13-7(10-6)4-11-3/h5H,4,9H2,1-3H3. The third-order valence-electron chi connectivity index (χ3n) is 1.73. The lowest BCUT2D eigenvalue weighted by Gasteiger charge is -2.18. The van der Waals surface area contributed by atoms with E-state index >= 15 is 0 Å². The van der Waals surface area contributed by atoms with Crippen molar-refractivity contribution in [1.29, 1.82) is 0 Å². The Morgan fingerprint density at radius 1 is 1.62 bits per heavy atom. The van der Waals surface area contributed by atoms with Gasteiger partial charge in [-0.1, -0.05) is 0 Å². The monoisotopic (exact) mass is 202 g/mol. The first-order valence-corrected chi connectivity index (χ1v) is 4.80. The molecule has 0 fully saturated rings. The van der Waals surface area contributed by atoms with Gasteiger partial charge in [-0.3, -0.25) is 4.84 Å². The Hall–Kier alpha value is -0.490. The predicted molar refractivity (Wildman–Crippen MR) is 51.1 cm³/mol. The van der Waals surface area contributed by atoms with Gasteiger partial charge in [-0.05, 0) is 13.8 Å². The molecule has 13 heavy (non-hydrogen) atoms. The summed E-state index contributed by atoms with van der Waals surface area (Å²) < 4.78 is 4.96. The van der Waals surface area contributed by atoms with Crippen LogP contribution in [0.15, 0.2) is 5.38 Å². The number of nitrogens with zero attached hydrogens (tertiary/aromatic N) is 1. The Kier molecular flexibility index (Phi) is 3.38. The Bertz CT molecular complexity index is 273. The third kappa shape index (κ3) is 2.47. The molecule has 0 saturated carbocycles. The summed E-state index contributed by atoms with van der Waals surface area (Å²) in [5.74, 6) is 5.15. The minimum Gasteiger partial charge on any atom is -0.378 e. The molecule has 0 spiro atoms. The van der Waals surface area contributed by atoms with Crippen molar-refractivity contribution in [1.82, 2.24) is 4.98 Å². The van der Waals surface area contributed by atoms with Crippen molar-refractivity contribution in [3.8, 4) is 0 Å². The maximum atomic E-state index is 5.15. The molecule has 0 amide bonds. The van der Waals surface area contributed by atoms with Gasteiger partial charge in [0.25, 0.3) is 0 Å². The summed E-state index contributed by atoms with van der Waals surface area (Å²) in [5.41, 5.74) is 0.315. The van der Waals surface area contributed by atoms with Crippen LogP contribution >= 0.6 is 11.3 Å². The van der Waals surface area contributed by atoms with Crippen molar-refractivity contribution in [3.05, 3.63) is 16.1 Å². The summed E-state index contributed by atoms with van der Waals surface area (Å²) in [5, 5.41) is 2.86. The molecule has 0 aliphatic carbocycles. The normalized spacial score (nSPS) is 12.0. The third-order valence-corrected chi connectivity index (χ3v) is 2.55. The lowest BCUT2D eigenvalue weighted by molar-refractivity contribution is -0.0265. The smallest absolute Gasteiger partial charge is 0.126 e. The molecule has 1 heterocycles. The van der Waals surface area contributed by atoms with Crippen molar-refractivity contribution in [3.63, 3.8) is 0 Å². The van der Waals surface area contributed by atoms with Gasteiger partial charge in [0.2, 0.25) is 0 Å². The molecule has 4 nitrogen and oxygen atoms in total. The molecule has 5 heteroatoms. The lowest BCUT2D eigenvalue weighted by Crippen LogP contribution is -2.25. The summed E-state index contributed by atoms with van der Waals surface area (Å²) in [4.78, 5) is 9.15. The minimum atomic E-state index is -0.525. The van der Waals surface area contributed by atoms with E-state index < -0.39 is 5.60 Å². The molecule has 74 valence electrons. The highest BCUT2D eigenvalue weighted by Gasteiger charge is 2.23. The number of thiazole rings is 1. The van der Waals surface area contributed by atoms with Gasteiger partial charge in [0.05, 0.1) is 12.3 Å². The van der Waals surface area contributed by atoms with Crippen LogP contribution in [0.4, 0.5) is 0 Å². The van der Waals surface area contributed by atoms with Gasteiger partial charge in [0, 0.05) is 12.5 Å². The van der Waals surface area contributed by atoms with Gasteiger partial charge in [-0.25, -0.2) is 10.9 Å². The molecule has 0 aromatic carbocycles. The number of rotatable bonds is 4. The van der Waals surface area contributed by atoms with E-state index in [1.165, 1.54) is 0 Å². The number of nitrogens with two attached hydrogens (primary N) is 1. The van der Waals surface area contributed by atoms with Crippen molar-refractivity contribution < 1.29 is 9.57 Å². The van der Waals surface area contributed by atoms with Crippen molar-refractivity contribution in [2.24, 2.45) is 5.90 Å². The van der Waals surface area contributed by atoms with Crippen molar-refractivity contribution in [2.45, 2.75) is 26.1 Å². The first-order valence-electron chi connectivity index (χ1n) is 3.92. The SMILES string of the molecule is COCc1nc(C(C)(C)ON)cs1. The quantitative estimate of drug-likeness (QED) is 0.750. The molecule has 0 aliphatic heterocycles. The van der Waals surface area contributed by atoms with Crippen LogP contribution < -0.4 is 5.90 Å². The fraction of sp³-hybridized carbons (Fsp3) is 0.625. The van der Waals surface area contributed by atoms with E-state index in [4.69, 9.17) is 15.5 Å². The zero-order chi connectivity index (χ0) is 9.90. The Morgan fingerprint density at radius 2 is 2.31 bits per heavy atom. The first kappa shape index (κ1) is 10.6. The van der Waals surface area contributed by atoms with Crippen LogP contribution in [0.1, 0.15) is 24.5 Å². The van der Waals surface area contributed by atoms with E-state index in [1.807, 2.05) is 19.2 Å². The highest BCUT2D eigenvalue weighted by molar-refractivity contribution is 7.09. The maximum Gasteiger partial charge on any atom is 0.126 e. The van der Waals surface area contributed by atoms with Crippen molar-refractivity contribution in [2.75, 3.05) is 7.11 Å². The molecular weight excluding hydrogens is 188 g/mol. The topological polar surface area (TPSA) is 57.4 Å². The highest BCUT2D eigenvalue weighted by atomic mass is 32.1.